The molecule has 1 aliphatic rings. The van der Waals surface area contributed by atoms with Gasteiger partial charge in [-0.1, -0.05) is 12.2 Å². The highest BCUT2D eigenvalue weighted by atomic mass is 16.5. The molecule has 0 aromatic carbocycles. The molecule has 0 radical (unpaired) electrons. The molecule has 0 aromatic heterocycles. The zero-order valence-electron chi connectivity index (χ0n) is 7.62. The largest absolute Gasteiger partial charge is 0.383 e. The standard InChI is InChI=1S/C9H18N2O/c1-12-5-4-11-7-8-2-3-9(10)6-8/h2-3,8-9,11H,4-7,10H2,1H3. The Balaban J connectivity index is 1.98. The van der Waals surface area contributed by atoms with E-state index in [1.54, 1.807) is 7.11 Å². The van der Waals surface area contributed by atoms with Crippen molar-refractivity contribution in [2.24, 2.45) is 11.7 Å². The van der Waals surface area contributed by atoms with Crippen LogP contribution in [-0.4, -0.2) is 32.8 Å². The minimum absolute atomic E-state index is 0.277. The number of hydrogen-bond acceptors (Lipinski definition) is 3. The maximum atomic E-state index is 5.72. The topological polar surface area (TPSA) is 47.3 Å². The van der Waals surface area contributed by atoms with Gasteiger partial charge >= 0.3 is 0 Å². The quantitative estimate of drug-likeness (QED) is 0.455. The first-order valence-corrected chi connectivity index (χ1v) is 4.46. The van der Waals surface area contributed by atoms with E-state index < -0.39 is 0 Å². The minimum atomic E-state index is 0.277. The summed E-state index contributed by atoms with van der Waals surface area (Å²) in [5.41, 5.74) is 5.72. The van der Waals surface area contributed by atoms with Gasteiger partial charge in [0.1, 0.15) is 0 Å². The maximum Gasteiger partial charge on any atom is 0.0587 e. The SMILES string of the molecule is COCCNCC1C=CC(N)C1. The van der Waals surface area contributed by atoms with E-state index >= 15 is 0 Å². The van der Waals surface area contributed by atoms with E-state index in [1.165, 1.54) is 0 Å². The first-order chi connectivity index (χ1) is 5.83. The van der Waals surface area contributed by atoms with Crippen molar-refractivity contribution in [1.82, 2.24) is 5.32 Å². The molecule has 70 valence electrons. The Labute approximate surface area is 74.0 Å². The van der Waals surface area contributed by atoms with Crippen molar-refractivity contribution in [3.05, 3.63) is 12.2 Å². The van der Waals surface area contributed by atoms with E-state index in [0.29, 0.717) is 5.92 Å². The summed E-state index contributed by atoms with van der Waals surface area (Å²) in [6.45, 7) is 2.73. The number of nitrogens with two attached hydrogens (primary N) is 1. The van der Waals surface area contributed by atoms with Crippen molar-refractivity contribution >= 4 is 0 Å². The predicted molar refractivity (Wildman–Crippen MR) is 50.0 cm³/mol. The monoisotopic (exact) mass is 170 g/mol. The van der Waals surface area contributed by atoms with Crippen molar-refractivity contribution < 1.29 is 4.74 Å². The number of methoxy groups -OCH3 is 1. The lowest BCUT2D eigenvalue weighted by Gasteiger charge is -2.09. The van der Waals surface area contributed by atoms with Crippen LogP contribution in [0.25, 0.3) is 0 Å². The van der Waals surface area contributed by atoms with Crippen molar-refractivity contribution in [1.29, 1.82) is 0 Å². The average Bonchev–Trinajstić information content (AvgIpc) is 2.45. The van der Waals surface area contributed by atoms with Crippen LogP contribution in [0, 0.1) is 5.92 Å². The summed E-state index contributed by atoms with van der Waals surface area (Å²) < 4.78 is 4.92. The van der Waals surface area contributed by atoms with E-state index in [-0.39, 0.29) is 6.04 Å². The van der Waals surface area contributed by atoms with Crippen molar-refractivity contribution in [3.63, 3.8) is 0 Å². The Bertz CT molecular complexity index is 147. The van der Waals surface area contributed by atoms with Gasteiger partial charge in [0.15, 0.2) is 0 Å². The summed E-state index contributed by atoms with van der Waals surface area (Å²) in [4.78, 5) is 0. The number of rotatable bonds is 5. The number of nitrogens with one attached hydrogen (secondary N) is 1. The van der Waals surface area contributed by atoms with Crippen molar-refractivity contribution in [3.8, 4) is 0 Å². The Morgan fingerprint density at radius 2 is 2.42 bits per heavy atom. The first-order valence-electron chi connectivity index (χ1n) is 4.46. The summed E-state index contributed by atoms with van der Waals surface area (Å²) in [5.74, 6) is 0.622. The van der Waals surface area contributed by atoms with Crippen LogP contribution in [-0.2, 0) is 4.74 Å². The molecule has 12 heavy (non-hydrogen) atoms. The van der Waals surface area contributed by atoms with E-state index in [9.17, 15) is 0 Å². The lowest BCUT2D eigenvalue weighted by Crippen LogP contribution is -2.26. The van der Waals surface area contributed by atoms with Gasteiger partial charge < -0.3 is 15.8 Å². The van der Waals surface area contributed by atoms with Gasteiger partial charge in [-0.05, 0) is 12.3 Å². The van der Waals surface area contributed by atoms with E-state index in [2.05, 4.69) is 17.5 Å². The Morgan fingerprint density at radius 3 is 3.00 bits per heavy atom. The van der Waals surface area contributed by atoms with Crippen LogP contribution >= 0.6 is 0 Å². The van der Waals surface area contributed by atoms with E-state index in [1.807, 2.05) is 0 Å². The fourth-order valence-electron chi connectivity index (χ4n) is 1.42. The molecule has 0 heterocycles. The number of hydrogen-bond donors (Lipinski definition) is 2. The molecular weight excluding hydrogens is 152 g/mol. The summed E-state index contributed by atoms with van der Waals surface area (Å²) in [6, 6.07) is 0.277. The smallest absolute Gasteiger partial charge is 0.0587 e. The summed E-state index contributed by atoms with van der Waals surface area (Å²) in [6.07, 6.45) is 5.37. The molecule has 3 heteroatoms. The Kier molecular flexibility index (Phi) is 4.29. The fraction of sp³-hybridized carbons (Fsp3) is 0.778. The predicted octanol–water partition coefficient (Wildman–Crippen LogP) is 0.126. The van der Waals surface area contributed by atoms with Crippen LogP contribution < -0.4 is 11.1 Å². The normalized spacial score (nSPS) is 28.2. The second-order valence-corrected chi connectivity index (χ2v) is 3.24. The zero-order valence-corrected chi connectivity index (χ0v) is 7.62. The van der Waals surface area contributed by atoms with Gasteiger partial charge in [-0.15, -0.1) is 0 Å². The maximum absolute atomic E-state index is 5.72. The molecule has 0 aliphatic heterocycles. The highest BCUT2D eigenvalue weighted by Gasteiger charge is 2.14. The summed E-state index contributed by atoms with van der Waals surface area (Å²) >= 11 is 0. The second-order valence-electron chi connectivity index (χ2n) is 3.24. The third-order valence-corrected chi connectivity index (χ3v) is 2.09. The van der Waals surface area contributed by atoms with Gasteiger partial charge in [0.05, 0.1) is 6.61 Å². The van der Waals surface area contributed by atoms with E-state index in [4.69, 9.17) is 10.5 Å². The Hall–Kier alpha value is -0.380. The lowest BCUT2D eigenvalue weighted by atomic mass is 10.1. The molecule has 0 fully saturated rings. The molecule has 1 aliphatic carbocycles. The third-order valence-electron chi connectivity index (χ3n) is 2.09. The van der Waals surface area contributed by atoms with Crippen LogP contribution in [0.15, 0.2) is 12.2 Å². The zero-order chi connectivity index (χ0) is 8.81. The van der Waals surface area contributed by atoms with Gasteiger partial charge in [-0.3, -0.25) is 0 Å². The highest BCUT2D eigenvalue weighted by molar-refractivity contribution is 5.04. The van der Waals surface area contributed by atoms with Gasteiger partial charge in [-0.2, -0.15) is 0 Å². The average molecular weight is 170 g/mol. The van der Waals surface area contributed by atoms with Crippen LogP contribution in [0.4, 0.5) is 0 Å². The molecule has 0 spiro atoms. The molecule has 0 saturated heterocycles. The second kappa shape index (κ2) is 5.30. The molecule has 3 N–H and O–H groups in total. The molecule has 3 nitrogen and oxygen atoms in total. The van der Waals surface area contributed by atoms with Crippen LogP contribution in [0.1, 0.15) is 6.42 Å². The Morgan fingerprint density at radius 1 is 1.58 bits per heavy atom. The molecule has 0 amide bonds. The van der Waals surface area contributed by atoms with Crippen LogP contribution in [0.5, 0.6) is 0 Å². The summed E-state index contributed by atoms with van der Waals surface area (Å²) in [5, 5.41) is 3.32. The molecule has 1 rings (SSSR count). The van der Waals surface area contributed by atoms with Gasteiger partial charge in [-0.25, -0.2) is 0 Å². The molecule has 0 saturated carbocycles. The van der Waals surface area contributed by atoms with E-state index in [0.717, 1.165) is 26.1 Å². The van der Waals surface area contributed by atoms with Crippen molar-refractivity contribution in [2.45, 2.75) is 12.5 Å². The van der Waals surface area contributed by atoms with Gasteiger partial charge in [0.2, 0.25) is 0 Å². The third kappa shape index (κ3) is 3.34. The molecule has 2 atom stereocenters. The molecular formula is C9H18N2O. The highest BCUT2D eigenvalue weighted by Crippen LogP contribution is 2.14. The lowest BCUT2D eigenvalue weighted by molar-refractivity contribution is 0.198. The van der Waals surface area contributed by atoms with Gasteiger partial charge in [0, 0.05) is 26.2 Å². The molecule has 2 unspecified atom stereocenters. The minimum Gasteiger partial charge on any atom is -0.383 e. The van der Waals surface area contributed by atoms with Crippen LogP contribution in [0.2, 0.25) is 0 Å². The van der Waals surface area contributed by atoms with Crippen molar-refractivity contribution in [2.75, 3.05) is 26.8 Å². The summed E-state index contributed by atoms with van der Waals surface area (Å²) in [7, 11) is 1.72. The number of ether oxygens (including phenoxy) is 1. The van der Waals surface area contributed by atoms with Gasteiger partial charge in [0.25, 0.3) is 0 Å². The fourth-order valence-corrected chi connectivity index (χ4v) is 1.42. The van der Waals surface area contributed by atoms with Crippen LogP contribution in [0.3, 0.4) is 0 Å². The first kappa shape index (κ1) is 9.71. The molecule has 0 aromatic rings. The molecule has 0 bridgehead atoms.